The summed E-state index contributed by atoms with van der Waals surface area (Å²) in [7, 11) is -3.66. The fourth-order valence-corrected chi connectivity index (χ4v) is 7.43. The first-order valence-corrected chi connectivity index (χ1v) is 14.1. The SMILES string of the molecule is CC(C)n1c(=O)sc2cc(NC(=O)[C@@H]3CCCN(S(=O)(=O)Cc4ccc(Cl)cc4Cl)C3)ccc21. The Morgan fingerprint density at radius 1 is 1.21 bits per heavy atom. The fraction of sp³-hybridized carbons (Fsp3) is 0.391. The van der Waals surface area contributed by atoms with Gasteiger partial charge in [-0.25, -0.2) is 12.7 Å². The van der Waals surface area contributed by atoms with Gasteiger partial charge in [0.2, 0.25) is 15.9 Å². The van der Waals surface area contributed by atoms with E-state index in [1.54, 1.807) is 28.8 Å². The molecule has 2 heterocycles. The van der Waals surface area contributed by atoms with E-state index in [-0.39, 0.29) is 29.1 Å². The molecule has 11 heteroatoms. The molecule has 1 saturated heterocycles. The molecule has 1 fully saturated rings. The number of thiazole rings is 1. The Morgan fingerprint density at radius 2 is 1.97 bits per heavy atom. The highest BCUT2D eigenvalue weighted by Crippen LogP contribution is 2.28. The number of piperidine rings is 1. The maximum absolute atomic E-state index is 13.0. The fourth-order valence-electron chi connectivity index (χ4n) is 4.18. The Morgan fingerprint density at radius 3 is 2.68 bits per heavy atom. The lowest BCUT2D eigenvalue weighted by molar-refractivity contribution is -0.120. The number of anilines is 1. The van der Waals surface area contributed by atoms with Crippen molar-refractivity contribution in [2.45, 2.75) is 38.5 Å². The number of halogens is 2. The van der Waals surface area contributed by atoms with Gasteiger partial charge in [-0.2, -0.15) is 0 Å². The molecule has 182 valence electrons. The Balaban J connectivity index is 1.46. The summed E-state index contributed by atoms with van der Waals surface area (Å²) in [5, 5.41) is 3.63. The van der Waals surface area contributed by atoms with Crippen LogP contribution in [-0.2, 0) is 20.6 Å². The minimum Gasteiger partial charge on any atom is -0.326 e. The molecule has 0 radical (unpaired) electrons. The minimum absolute atomic E-state index is 0.0394. The lowest BCUT2D eigenvalue weighted by Gasteiger charge is -2.31. The number of nitrogens with zero attached hydrogens (tertiary/aromatic N) is 2. The first-order chi connectivity index (χ1) is 16.0. The number of amides is 1. The molecule has 1 aliphatic heterocycles. The van der Waals surface area contributed by atoms with Gasteiger partial charge in [0, 0.05) is 34.9 Å². The van der Waals surface area contributed by atoms with Crippen LogP contribution in [0.2, 0.25) is 10.0 Å². The lowest BCUT2D eigenvalue weighted by atomic mass is 9.98. The maximum Gasteiger partial charge on any atom is 0.308 e. The van der Waals surface area contributed by atoms with Crippen molar-refractivity contribution in [1.82, 2.24) is 8.87 Å². The summed E-state index contributed by atoms with van der Waals surface area (Å²) >= 11 is 13.2. The summed E-state index contributed by atoms with van der Waals surface area (Å²) in [4.78, 5) is 25.2. The largest absolute Gasteiger partial charge is 0.326 e. The van der Waals surface area contributed by atoms with E-state index in [0.717, 1.165) is 21.6 Å². The topological polar surface area (TPSA) is 88.5 Å². The summed E-state index contributed by atoms with van der Waals surface area (Å²) in [5.74, 6) is -0.960. The number of hydrogen-bond acceptors (Lipinski definition) is 5. The van der Waals surface area contributed by atoms with E-state index in [9.17, 15) is 18.0 Å². The van der Waals surface area contributed by atoms with Crippen molar-refractivity contribution in [2.75, 3.05) is 18.4 Å². The molecule has 7 nitrogen and oxygen atoms in total. The van der Waals surface area contributed by atoms with Crippen molar-refractivity contribution in [1.29, 1.82) is 0 Å². The van der Waals surface area contributed by atoms with Gasteiger partial charge in [0.15, 0.2) is 0 Å². The van der Waals surface area contributed by atoms with Crippen molar-refractivity contribution < 1.29 is 13.2 Å². The second kappa shape index (κ2) is 9.99. The normalized spacial score (nSPS) is 17.4. The molecule has 3 aromatic rings. The van der Waals surface area contributed by atoms with Crippen LogP contribution in [0.5, 0.6) is 0 Å². The summed E-state index contributed by atoms with van der Waals surface area (Å²) in [6.45, 7) is 4.37. The van der Waals surface area contributed by atoms with E-state index in [2.05, 4.69) is 5.32 Å². The Bertz CT molecular complexity index is 1400. The van der Waals surface area contributed by atoms with Crippen LogP contribution in [0.1, 0.15) is 38.3 Å². The molecular formula is C23H25Cl2N3O4S2. The predicted molar refractivity (Wildman–Crippen MR) is 138 cm³/mol. The zero-order chi connectivity index (χ0) is 24.6. The maximum atomic E-state index is 13.0. The summed E-state index contributed by atoms with van der Waals surface area (Å²) < 4.78 is 29.9. The van der Waals surface area contributed by atoms with E-state index in [1.165, 1.54) is 10.4 Å². The zero-order valence-electron chi connectivity index (χ0n) is 18.8. The molecule has 1 atom stereocenters. The summed E-state index contributed by atoms with van der Waals surface area (Å²) in [6.07, 6.45) is 1.18. The lowest BCUT2D eigenvalue weighted by Crippen LogP contribution is -2.44. The van der Waals surface area contributed by atoms with Gasteiger partial charge in [0.1, 0.15) is 0 Å². The summed E-state index contributed by atoms with van der Waals surface area (Å²) in [5.41, 5.74) is 1.89. The van der Waals surface area contributed by atoms with Crippen molar-refractivity contribution in [2.24, 2.45) is 5.92 Å². The molecule has 2 aromatic carbocycles. The highest BCUT2D eigenvalue weighted by atomic mass is 35.5. The third-order valence-electron chi connectivity index (χ3n) is 5.90. The highest BCUT2D eigenvalue weighted by molar-refractivity contribution is 7.88. The van der Waals surface area contributed by atoms with Crippen molar-refractivity contribution in [3.63, 3.8) is 0 Å². The van der Waals surface area contributed by atoms with Crippen LogP contribution in [-0.4, -0.2) is 36.3 Å². The molecular weight excluding hydrogens is 517 g/mol. The van der Waals surface area contributed by atoms with Crippen LogP contribution in [0.4, 0.5) is 5.69 Å². The molecule has 1 amide bonds. The van der Waals surface area contributed by atoms with Gasteiger partial charge in [0.25, 0.3) is 0 Å². The molecule has 0 bridgehead atoms. The summed E-state index contributed by atoms with van der Waals surface area (Å²) in [6, 6.07) is 10.2. The molecule has 0 spiro atoms. The Hall–Kier alpha value is -1.91. The van der Waals surface area contributed by atoms with Crippen molar-refractivity contribution in [3.8, 4) is 0 Å². The number of carbonyl (C=O) groups excluding carboxylic acids is 1. The van der Waals surface area contributed by atoms with Gasteiger partial charge in [0.05, 0.1) is 21.9 Å². The van der Waals surface area contributed by atoms with Crippen LogP contribution < -0.4 is 10.2 Å². The van der Waals surface area contributed by atoms with Crippen LogP contribution in [0.3, 0.4) is 0 Å². The smallest absolute Gasteiger partial charge is 0.308 e. The number of benzene rings is 2. The van der Waals surface area contributed by atoms with Crippen LogP contribution in [0, 0.1) is 5.92 Å². The van der Waals surface area contributed by atoms with E-state index >= 15 is 0 Å². The van der Waals surface area contributed by atoms with Gasteiger partial charge < -0.3 is 5.32 Å². The molecule has 34 heavy (non-hydrogen) atoms. The average Bonchev–Trinajstić information content (AvgIpc) is 3.11. The highest BCUT2D eigenvalue weighted by Gasteiger charge is 2.33. The third-order valence-corrected chi connectivity index (χ3v) is 9.20. The van der Waals surface area contributed by atoms with Gasteiger partial charge in [-0.05, 0) is 62.6 Å². The number of sulfonamides is 1. The van der Waals surface area contributed by atoms with E-state index < -0.39 is 15.9 Å². The Labute approximate surface area is 212 Å². The number of fused-ring (bicyclic) bond motifs is 1. The first kappa shape index (κ1) is 25.2. The van der Waals surface area contributed by atoms with Crippen LogP contribution in [0.15, 0.2) is 41.2 Å². The number of carbonyl (C=O) groups is 1. The van der Waals surface area contributed by atoms with Gasteiger partial charge in [-0.1, -0.05) is 40.6 Å². The quantitative estimate of drug-likeness (QED) is 0.468. The molecule has 0 saturated carbocycles. The van der Waals surface area contributed by atoms with Gasteiger partial charge >= 0.3 is 4.87 Å². The van der Waals surface area contributed by atoms with E-state index in [4.69, 9.17) is 23.2 Å². The molecule has 1 aliphatic rings. The number of nitrogens with one attached hydrogen (secondary N) is 1. The number of hydrogen-bond donors (Lipinski definition) is 1. The molecule has 4 rings (SSSR count). The van der Waals surface area contributed by atoms with Gasteiger partial charge in [-0.15, -0.1) is 0 Å². The predicted octanol–water partition coefficient (Wildman–Crippen LogP) is 5.13. The Kier molecular flexibility index (Phi) is 7.40. The van der Waals surface area contributed by atoms with E-state index in [1.807, 2.05) is 19.9 Å². The average molecular weight is 543 g/mol. The monoisotopic (exact) mass is 541 g/mol. The van der Waals surface area contributed by atoms with Crippen molar-refractivity contribution in [3.05, 3.63) is 61.7 Å². The standard InChI is InChI=1S/C23H25Cl2N3O4S2/c1-14(2)28-20-8-7-18(11-21(20)33-23(28)30)26-22(29)15-4-3-9-27(12-15)34(31,32)13-16-5-6-17(24)10-19(16)25/h5-8,10-11,14-15H,3-4,9,12-13H2,1-2H3,(H,26,29)/t15-/m1/s1. The first-order valence-electron chi connectivity index (χ1n) is 10.9. The second-order valence-corrected chi connectivity index (χ2v) is 12.5. The number of aromatic nitrogens is 1. The molecule has 0 unspecified atom stereocenters. The van der Waals surface area contributed by atoms with Gasteiger partial charge in [-0.3, -0.25) is 14.2 Å². The molecule has 1 aromatic heterocycles. The van der Waals surface area contributed by atoms with E-state index in [0.29, 0.717) is 40.7 Å². The van der Waals surface area contributed by atoms with Crippen molar-refractivity contribution >= 4 is 66.4 Å². The van der Waals surface area contributed by atoms with Crippen LogP contribution >= 0.6 is 34.5 Å². The minimum atomic E-state index is -3.66. The van der Waals surface area contributed by atoms with Crippen LogP contribution in [0.25, 0.3) is 10.2 Å². The number of rotatable bonds is 6. The molecule has 1 N–H and O–H groups in total. The zero-order valence-corrected chi connectivity index (χ0v) is 21.9. The third kappa shape index (κ3) is 5.33. The molecule has 0 aliphatic carbocycles. The second-order valence-electron chi connectivity index (χ2n) is 8.69.